The zero-order valence-electron chi connectivity index (χ0n) is 33.2. The Kier molecular flexibility index (Phi) is 13.1. The number of benzene rings is 2. The number of imide groups is 1. The number of thiocarbonyl (C=S) groups is 1. The smallest absolute Gasteiger partial charge is 0.419 e. The van der Waals surface area contributed by atoms with Gasteiger partial charge in [-0.25, -0.2) is 4.98 Å². The SMILES string of the molecule is CC(C)c1cc(N2C(=S)N(c3cnc(C#N)c(C(F)(F)F)c3)C(=O)C2(C)C)ccc1OCCN1CCN(CC(=O)Cc2cc(Cl)cc(CC3CCC(=O)NC3=O)c2)CC1. The van der Waals surface area contributed by atoms with Crippen LogP contribution in [0.4, 0.5) is 24.5 Å². The lowest BCUT2D eigenvalue weighted by Crippen LogP contribution is -2.48. The summed E-state index contributed by atoms with van der Waals surface area (Å²) < 4.78 is 47.6. The number of piperazine rings is 1. The molecular formula is C42H45ClF3N7O5S. The Labute approximate surface area is 351 Å². The van der Waals surface area contributed by atoms with Crippen LogP contribution >= 0.6 is 23.8 Å². The Hall–Kier alpha value is -4.95. The molecule has 6 rings (SSSR count). The third-order valence-electron chi connectivity index (χ3n) is 10.9. The molecule has 0 aliphatic carbocycles. The summed E-state index contributed by atoms with van der Waals surface area (Å²) in [6.45, 7) is 11.6. The number of nitrogens with zero attached hydrogens (tertiary/aromatic N) is 6. The summed E-state index contributed by atoms with van der Waals surface area (Å²) >= 11 is 12.1. The highest BCUT2D eigenvalue weighted by atomic mass is 35.5. The molecular weight excluding hydrogens is 807 g/mol. The number of nitriles is 1. The van der Waals surface area contributed by atoms with Crippen LogP contribution in [0.2, 0.25) is 5.02 Å². The molecule has 12 nitrogen and oxygen atoms in total. The van der Waals surface area contributed by atoms with Crippen molar-refractivity contribution in [2.45, 2.75) is 71.0 Å². The van der Waals surface area contributed by atoms with E-state index in [2.05, 4.69) is 20.1 Å². The molecule has 0 spiro atoms. The largest absolute Gasteiger partial charge is 0.492 e. The molecule has 0 radical (unpaired) electrons. The van der Waals surface area contributed by atoms with Crippen molar-refractivity contribution in [3.8, 4) is 11.8 Å². The number of halogens is 4. The molecule has 2 aromatic carbocycles. The molecule has 3 aromatic rings. The van der Waals surface area contributed by atoms with E-state index in [1.54, 1.807) is 36.9 Å². The number of anilines is 2. The molecule has 3 saturated heterocycles. The second kappa shape index (κ2) is 17.7. The number of rotatable bonds is 13. The molecule has 3 fully saturated rings. The van der Waals surface area contributed by atoms with Gasteiger partial charge in [-0.05, 0) is 97.9 Å². The maximum atomic E-state index is 13.8. The van der Waals surface area contributed by atoms with Crippen LogP contribution in [0.3, 0.4) is 0 Å². The fourth-order valence-corrected chi connectivity index (χ4v) is 8.54. The van der Waals surface area contributed by atoms with Gasteiger partial charge in [0.2, 0.25) is 11.8 Å². The number of aromatic nitrogens is 1. The number of amides is 3. The zero-order valence-corrected chi connectivity index (χ0v) is 34.8. The van der Waals surface area contributed by atoms with Crippen LogP contribution in [-0.4, -0.2) is 94.8 Å². The fraction of sp³-hybridized carbons (Fsp3) is 0.452. The quantitative estimate of drug-likeness (QED) is 0.159. The molecule has 0 saturated carbocycles. The van der Waals surface area contributed by atoms with E-state index in [0.717, 1.165) is 46.9 Å². The number of Topliss-reactive ketones (excluding diaryl/α,β-unsaturated/α-hetero) is 1. The topological polar surface area (TPSA) is 139 Å². The summed E-state index contributed by atoms with van der Waals surface area (Å²) in [7, 11) is 0. The van der Waals surface area contributed by atoms with E-state index in [4.69, 9.17) is 28.6 Å². The summed E-state index contributed by atoms with van der Waals surface area (Å²) in [5.74, 6) is -0.655. The number of piperidine rings is 1. The maximum absolute atomic E-state index is 13.8. The molecule has 0 bridgehead atoms. The highest BCUT2D eigenvalue weighted by Crippen LogP contribution is 2.41. The van der Waals surface area contributed by atoms with Crippen LogP contribution in [0, 0.1) is 17.2 Å². The number of ketones is 1. The highest BCUT2D eigenvalue weighted by molar-refractivity contribution is 7.81. The molecule has 1 unspecified atom stereocenters. The van der Waals surface area contributed by atoms with Gasteiger partial charge in [-0.3, -0.25) is 39.2 Å². The van der Waals surface area contributed by atoms with Gasteiger partial charge >= 0.3 is 6.18 Å². The standard InChI is InChI=1S/C42H45ClF3N7O5S/c1-25(2)33-20-30(53-40(59)52(39(57)41(53,3)4)31-21-34(42(44,45)46)35(22-47)48-23-31)6-7-36(33)58-14-13-50-9-11-51(12-10-50)24-32(54)19-27-15-26(17-29(43)18-27)16-28-5-8-37(55)49-38(28)56/h6-7,15,17-18,20-21,23,25,28H,5,8-14,16,19,24H2,1-4H3,(H,49,55,56). The van der Waals surface area contributed by atoms with Gasteiger partial charge in [-0.2, -0.15) is 18.4 Å². The number of carbonyl (C=O) groups excluding carboxylic acids is 4. The number of carbonyl (C=O) groups is 4. The van der Waals surface area contributed by atoms with Gasteiger partial charge in [0.15, 0.2) is 16.6 Å². The van der Waals surface area contributed by atoms with Gasteiger partial charge in [-0.15, -0.1) is 0 Å². The first kappa shape index (κ1) is 43.6. The molecule has 1 atom stereocenters. The molecule has 312 valence electrons. The average Bonchev–Trinajstić information content (AvgIpc) is 3.34. The van der Waals surface area contributed by atoms with Gasteiger partial charge < -0.3 is 9.64 Å². The van der Waals surface area contributed by atoms with Crippen molar-refractivity contribution in [1.82, 2.24) is 20.1 Å². The first-order chi connectivity index (χ1) is 27.8. The van der Waals surface area contributed by atoms with Crippen LogP contribution in [0.15, 0.2) is 48.7 Å². The predicted octanol–water partition coefficient (Wildman–Crippen LogP) is 6.07. The zero-order chi connectivity index (χ0) is 42.8. The van der Waals surface area contributed by atoms with Gasteiger partial charge in [0.1, 0.15) is 24.0 Å². The number of pyridine rings is 1. The first-order valence-corrected chi connectivity index (χ1v) is 20.2. The van der Waals surface area contributed by atoms with Crippen LogP contribution in [0.1, 0.15) is 74.4 Å². The first-order valence-electron chi connectivity index (χ1n) is 19.4. The lowest BCUT2D eigenvalue weighted by Gasteiger charge is -2.34. The van der Waals surface area contributed by atoms with Gasteiger partial charge in [0, 0.05) is 62.2 Å². The van der Waals surface area contributed by atoms with Crippen molar-refractivity contribution < 1.29 is 37.1 Å². The summed E-state index contributed by atoms with van der Waals surface area (Å²) in [5.41, 5.74) is -0.418. The predicted molar refractivity (Wildman–Crippen MR) is 219 cm³/mol. The highest BCUT2D eigenvalue weighted by Gasteiger charge is 2.51. The molecule has 17 heteroatoms. The molecule has 3 amide bonds. The Balaban J connectivity index is 1.02. The summed E-state index contributed by atoms with van der Waals surface area (Å²) in [4.78, 5) is 61.3. The Morgan fingerprint density at radius 3 is 2.41 bits per heavy atom. The molecule has 1 aromatic heterocycles. The second-order valence-corrected chi connectivity index (χ2v) is 16.7. The van der Waals surface area contributed by atoms with Crippen LogP contribution in [0.5, 0.6) is 5.75 Å². The third-order valence-corrected chi connectivity index (χ3v) is 11.5. The number of nitrogens with one attached hydrogen (secondary N) is 1. The van der Waals surface area contributed by atoms with E-state index in [0.29, 0.717) is 68.5 Å². The summed E-state index contributed by atoms with van der Waals surface area (Å²) in [6, 6.07) is 13.1. The van der Waals surface area contributed by atoms with Crippen LogP contribution in [-0.2, 0) is 38.2 Å². The van der Waals surface area contributed by atoms with Crippen molar-refractivity contribution in [2.24, 2.45) is 5.92 Å². The van der Waals surface area contributed by atoms with Crippen molar-refractivity contribution in [3.05, 3.63) is 81.6 Å². The van der Waals surface area contributed by atoms with Crippen molar-refractivity contribution in [3.63, 3.8) is 0 Å². The van der Waals surface area contributed by atoms with Crippen molar-refractivity contribution in [2.75, 3.05) is 55.7 Å². The second-order valence-electron chi connectivity index (χ2n) is 15.9. The molecule has 59 heavy (non-hydrogen) atoms. The maximum Gasteiger partial charge on any atom is 0.419 e. The normalized spacial score (nSPS) is 19.0. The number of hydrogen-bond donors (Lipinski definition) is 1. The molecule has 1 N–H and O–H groups in total. The monoisotopic (exact) mass is 851 g/mol. The van der Waals surface area contributed by atoms with E-state index in [9.17, 15) is 37.6 Å². The molecule has 3 aliphatic rings. The van der Waals surface area contributed by atoms with Gasteiger partial charge in [0.25, 0.3) is 5.91 Å². The Morgan fingerprint density at radius 2 is 1.75 bits per heavy atom. The summed E-state index contributed by atoms with van der Waals surface area (Å²) in [6.07, 6.45) is -2.36. The Morgan fingerprint density at radius 1 is 1.05 bits per heavy atom. The number of hydrogen-bond acceptors (Lipinski definition) is 10. The van der Waals surface area contributed by atoms with E-state index >= 15 is 0 Å². The van der Waals surface area contributed by atoms with Crippen molar-refractivity contribution in [1.29, 1.82) is 5.26 Å². The number of alkyl halides is 3. The third kappa shape index (κ3) is 9.92. The van der Waals surface area contributed by atoms with E-state index in [-0.39, 0.29) is 46.7 Å². The minimum absolute atomic E-state index is 0.0121. The van der Waals surface area contributed by atoms with Crippen molar-refractivity contribution >= 4 is 63.8 Å². The fourth-order valence-electron chi connectivity index (χ4n) is 7.74. The lowest BCUT2D eigenvalue weighted by atomic mass is 9.90. The lowest BCUT2D eigenvalue weighted by molar-refractivity contribution is -0.138. The van der Waals surface area contributed by atoms with Crippen LogP contribution < -0.4 is 19.9 Å². The minimum Gasteiger partial charge on any atom is -0.492 e. The minimum atomic E-state index is -4.86. The molecule has 3 aliphatic heterocycles. The van der Waals surface area contributed by atoms with E-state index < -0.39 is 28.9 Å². The van der Waals surface area contributed by atoms with Gasteiger partial charge in [0.05, 0.1) is 24.0 Å². The summed E-state index contributed by atoms with van der Waals surface area (Å²) in [5, 5.41) is 12.1. The number of ether oxygens (including phenoxy) is 1. The van der Waals surface area contributed by atoms with Crippen LogP contribution in [0.25, 0.3) is 0 Å². The van der Waals surface area contributed by atoms with E-state index in [1.165, 1.54) is 6.07 Å². The molecule has 4 heterocycles. The van der Waals surface area contributed by atoms with Gasteiger partial charge in [-0.1, -0.05) is 31.5 Å². The Bertz CT molecular complexity index is 2200. The average molecular weight is 852 g/mol. The van der Waals surface area contributed by atoms with E-state index in [1.807, 2.05) is 32.0 Å².